The second kappa shape index (κ2) is 7.17. The third kappa shape index (κ3) is 3.52. The fourth-order valence-corrected chi connectivity index (χ4v) is 2.87. The lowest BCUT2D eigenvalue weighted by Gasteiger charge is -2.15. The van der Waals surface area contributed by atoms with Crippen LogP contribution in [0.1, 0.15) is 5.56 Å². The van der Waals surface area contributed by atoms with Gasteiger partial charge in [0.25, 0.3) is 5.56 Å². The van der Waals surface area contributed by atoms with E-state index in [4.69, 9.17) is 11.6 Å². The first-order valence-corrected chi connectivity index (χ1v) is 8.61. The van der Waals surface area contributed by atoms with Crippen molar-refractivity contribution in [3.05, 3.63) is 93.7 Å². The van der Waals surface area contributed by atoms with Crippen molar-refractivity contribution in [2.24, 2.45) is 0 Å². The van der Waals surface area contributed by atoms with Gasteiger partial charge in [0.15, 0.2) is 5.82 Å². The van der Waals surface area contributed by atoms with Crippen LogP contribution in [0.5, 0.6) is 0 Å². The van der Waals surface area contributed by atoms with Crippen LogP contribution < -0.4 is 11.0 Å². The van der Waals surface area contributed by atoms with Crippen LogP contribution in [0.15, 0.2) is 71.8 Å². The molecule has 0 saturated carbocycles. The predicted octanol–water partition coefficient (Wildman–Crippen LogP) is 3.99. The second-order valence-electron chi connectivity index (χ2n) is 5.94. The van der Waals surface area contributed by atoms with Crippen molar-refractivity contribution in [2.45, 2.75) is 6.54 Å². The van der Waals surface area contributed by atoms with Crippen molar-refractivity contribution in [3.63, 3.8) is 0 Å². The highest BCUT2D eigenvalue weighted by Crippen LogP contribution is 2.18. The molecule has 2 heterocycles. The number of fused-ring (bicyclic) bond motifs is 1. The number of halogens is 2. The average molecular weight is 381 g/mol. The summed E-state index contributed by atoms with van der Waals surface area (Å²) < 4.78 is 14.7. The molecule has 0 aliphatic carbocycles. The van der Waals surface area contributed by atoms with Crippen LogP contribution >= 0.6 is 11.6 Å². The molecule has 0 bridgehead atoms. The Hall–Kier alpha value is -3.25. The van der Waals surface area contributed by atoms with Crippen molar-refractivity contribution >= 4 is 22.5 Å². The van der Waals surface area contributed by atoms with Crippen LogP contribution in [0, 0.1) is 5.82 Å². The van der Waals surface area contributed by atoms with Gasteiger partial charge in [0, 0.05) is 23.0 Å². The summed E-state index contributed by atoms with van der Waals surface area (Å²) in [6, 6.07) is 14.8. The number of hydrogen-bond acceptors (Lipinski definition) is 4. The van der Waals surface area contributed by atoms with E-state index in [2.05, 4.69) is 15.4 Å². The zero-order valence-corrected chi connectivity index (χ0v) is 14.8. The van der Waals surface area contributed by atoms with Crippen molar-refractivity contribution in [2.75, 3.05) is 5.43 Å². The summed E-state index contributed by atoms with van der Waals surface area (Å²) in [5, 5.41) is 1.04. The van der Waals surface area contributed by atoms with E-state index in [0.717, 1.165) is 5.56 Å². The fraction of sp³-hybridized carbons (Fsp3) is 0.0500. The molecule has 0 aliphatic heterocycles. The Morgan fingerprint density at radius 3 is 2.52 bits per heavy atom. The molecule has 0 aliphatic rings. The van der Waals surface area contributed by atoms with Crippen LogP contribution in [-0.2, 0) is 6.54 Å². The minimum Gasteiger partial charge on any atom is -0.317 e. The molecule has 0 spiro atoms. The van der Waals surface area contributed by atoms with Gasteiger partial charge in [-0.15, -0.1) is 0 Å². The molecule has 1 N–H and O–H groups in total. The smallest absolute Gasteiger partial charge is 0.281 e. The Labute approximate surface area is 159 Å². The number of nitrogens with one attached hydrogen (secondary N) is 1. The lowest BCUT2D eigenvalue weighted by Crippen LogP contribution is -2.31. The number of benzene rings is 2. The summed E-state index contributed by atoms with van der Waals surface area (Å²) in [5.74, 6) is 0.0411. The van der Waals surface area contributed by atoms with E-state index in [9.17, 15) is 9.18 Å². The molecule has 0 atom stereocenters. The largest absolute Gasteiger partial charge is 0.317 e. The van der Waals surface area contributed by atoms with Crippen LogP contribution in [0.2, 0.25) is 5.02 Å². The van der Waals surface area contributed by atoms with Gasteiger partial charge in [-0.3, -0.25) is 9.78 Å². The Morgan fingerprint density at radius 1 is 1.04 bits per heavy atom. The summed E-state index contributed by atoms with van der Waals surface area (Å²) in [5.41, 5.74) is 4.92. The van der Waals surface area contributed by atoms with Gasteiger partial charge >= 0.3 is 0 Å². The van der Waals surface area contributed by atoms with Crippen LogP contribution in [-0.4, -0.2) is 14.6 Å². The standard InChI is InChI=1S/C20H14ClFN4O/c21-15-5-1-13(2-6-15)11-24-26-19(14-3-7-16(22)8-4-14)25-18-9-10-23-12-17(18)20(26)27/h1-10,12,24H,11H2. The first-order valence-electron chi connectivity index (χ1n) is 8.23. The Bertz CT molecular complexity index is 1160. The molecule has 2 aromatic heterocycles. The molecule has 134 valence electrons. The van der Waals surface area contributed by atoms with Crippen LogP contribution in [0.25, 0.3) is 22.3 Å². The quantitative estimate of drug-likeness (QED) is 0.581. The van der Waals surface area contributed by atoms with E-state index >= 15 is 0 Å². The number of hydrogen-bond donors (Lipinski definition) is 1. The van der Waals surface area contributed by atoms with Crippen LogP contribution in [0.4, 0.5) is 4.39 Å². The third-order valence-electron chi connectivity index (χ3n) is 4.13. The van der Waals surface area contributed by atoms with E-state index in [1.54, 1.807) is 36.5 Å². The average Bonchev–Trinajstić information content (AvgIpc) is 2.69. The summed E-state index contributed by atoms with van der Waals surface area (Å²) in [6.45, 7) is 0.388. The minimum absolute atomic E-state index is 0.276. The monoisotopic (exact) mass is 380 g/mol. The molecule has 7 heteroatoms. The Kier molecular flexibility index (Phi) is 4.56. The van der Waals surface area contributed by atoms with Gasteiger partial charge in [0.05, 0.1) is 17.4 Å². The van der Waals surface area contributed by atoms with Crippen molar-refractivity contribution in [1.82, 2.24) is 14.6 Å². The minimum atomic E-state index is -0.355. The normalized spacial score (nSPS) is 10.9. The Balaban J connectivity index is 1.82. The van der Waals surface area contributed by atoms with E-state index in [-0.39, 0.29) is 11.4 Å². The molecule has 0 amide bonds. The van der Waals surface area contributed by atoms with E-state index < -0.39 is 0 Å². The van der Waals surface area contributed by atoms with Gasteiger partial charge in [-0.05, 0) is 48.0 Å². The first kappa shape index (κ1) is 17.2. The molecule has 27 heavy (non-hydrogen) atoms. The number of pyridine rings is 1. The van der Waals surface area contributed by atoms with Crippen molar-refractivity contribution < 1.29 is 4.39 Å². The zero-order chi connectivity index (χ0) is 18.8. The maximum absolute atomic E-state index is 13.3. The summed E-state index contributed by atoms with van der Waals surface area (Å²) in [4.78, 5) is 21.6. The van der Waals surface area contributed by atoms with E-state index in [1.807, 2.05) is 12.1 Å². The van der Waals surface area contributed by atoms with Gasteiger partial charge in [-0.1, -0.05) is 23.7 Å². The van der Waals surface area contributed by atoms with Crippen LogP contribution in [0.3, 0.4) is 0 Å². The zero-order valence-electron chi connectivity index (χ0n) is 14.1. The number of rotatable bonds is 4. The summed E-state index contributed by atoms with van der Waals surface area (Å²) >= 11 is 5.91. The highest BCUT2D eigenvalue weighted by molar-refractivity contribution is 6.30. The fourth-order valence-electron chi connectivity index (χ4n) is 2.74. The molecule has 2 aromatic carbocycles. The SMILES string of the molecule is O=c1c2cnccc2nc(-c2ccc(F)cc2)n1NCc1ccc(Cl)cc1. The summed E-state index contributed by atoms with van der Waals surface area (Å²) in [7, 11) is 0. The van der Waals surface area contributed by atoms with Gasteiger partial charge in [-0.2, -0.15) is 0 Å². The topological polar surface area (TPSA) is 59.8 Å². The van der Waals surface area contributed by atoms with Crippen molar-refractivity contribution in [1.29, 1.82) is 0 Å². The maximum atomic E-state index is 13.3. The first-order chi connectivity index (χ1) is 13.1. The van der Waals surface area contributed by atoms with Gasteiger partial charge in [-0.25, -0.2) is 14.1 Å². The lowest BCUT2D eigenvalue weighted by atomic mass is 10.2. The van der Waals surface area contributed by atoms with Gasteiger partial charge < -0.3 is 5.43 Å². The van der Waals surface area contributed by atoms with Gasteiger partial charge in [0.2, 0.25) is 0 Å². The maximum Gasteiger partial charge on any atom is 0.281 e. The number of aromatic nitrogens is 3. The highest BCUT2D eigenvalue weighted by atomic mass is 35.5. The number of nitrogens with zero attached hydrogens (tertiary/aromatic N) is 3. The predicted molar refractivity (Wildman–Crippen MR) is 104 cm³/mol. The molecule has 0 unspecified atom stereocenters. The molecular weight excluding hydrogens is 367 g/mol. The summed E-state index contributed by atoms with van der Waals surface area (Å²) in [6.07, 6.45) is 3.06. The molecule has 4 rings (SSSR count). The molecule has 0 fully saturated rings. The molecule has 0 radical (unpaired) electrons. The molecule has 0 saturated heterocycles. The van der Waals surface area contributed by atoms with E-state index in [1.165, 1.54) is 23.0 Å². The highest BCUT2D eigenvalue weighted by Gasteiger charge is 2.13. The molecule has 5 nitrogen and oxygen atoms in total. The second-order valence-corrected chi connectivity index (χ2v) is 6.37. The van der Waals surface area contributed by atoms with Crippen molar-refractivity contribution in [3.8, 4) is 11.4 Å². The molecular formula is C20H14ClFN4O. The Morgan fingerprint density at radius 2 is 1.78 bits per heavy atom. The third-order valence-corrected chi connectivity index (χ3v) is 4.38. The van der Waals surface area contributed by atoms with Gasteiger partial charge in [0.1, 0.15) is 5.82 Å². The lowest BCUT2D eigenvalue weighted by molar-refractivity contribution is 0.628. The molecule has 4 aromatic rings. The van der Waals surface area contributed by atoms with E-state index in [0.29, 0.717) is 33.9 Å².